The summed E-state index contributed by atoms with van der Waals surface area (Å²) in [7, 11) is 3.26. The SMILES string of the molecule is CN=C(NCC(C)(C)c1ccccc1Br)N1CCC(C(=O)OC)CC1. The third-order valence-electron chi connectivity index (χ3n) is 4.83. The zero-order valence-corrected chi connectivity index (χ0v) is 17.1. The Bertz CT molecular complexity index is 623. The molecule has 0 unspecified atom stereocenters. The first-order chi connectivity index (χ1) is 11.9. The van der Waals surface area contributed by atoms with E-state index in [2.05, 4.69) is 63.2 Å². The van der Waals surface area contributed by atoms with Crippen LogP contribution in [-0.2, 0) is 14.9 Å². The van der Waals surface area contributed by atoms with Gasteiger partial charge in [-0.15, -0.1) is 0 Å². The Kier molecular flexibility index (Phi) is 6.87. The predicted octanol–water partition coefficient (Wildman–Crippen LogP) is 3.19. The molecule has 1 N–H and O–H groups in total. The zero-order valence-electron chi connectivity index (χ0n) is 15.5. The Hall–Kier alpha value is -1.56. The van der Waals surface area contributed by atoms with Gasteiger partial charge in [0.25, 0.3) is 0 Å². The third-order valence-corrected chi connectivity index (χ3v) is 5.52. The summed E-state index contributed by atoms with van der Waals surface area (Å²) < 4.78 is 5.98. The highest BCUT2D eigenvalue weighted by Crippen LogP contribution is 2.29. The van der Waals surface area contributed by atoms with Gasteiger partial charge in [-0.3, -0.25) is 9.79 Å². The van der Waals surface area contributed by atoms with Crippen molar-refractivity contribution in [2.45, 2.75) is 32.1 Å². The highest BCUT2D eigenvalue weighted by Gasteiger charge is 2.28. The first-order valence-electron chi connectivity index (χ1n) is 8.67. The molecule has 1 aromatic carbocycles. The van der Waals surface area contributed by atoms with Crippen LogP contribution in [0.2, 0.25) is 0 Å². The summed E-state index contributed by atoms with van der Waals surface area (Å²) in [6.45, 7) is 6.84. The van der Waals surface area contributed by atoms with Crippen molar-refractivity contribution in [1.82, 2.24) is 10.2 Å². The summed E-state index contributed by atoms with van der Waals surface area (Å²) in [6, 6.07) is 8.32. The number of esters is 1. The summed E-state index contributed by atoms with van der Waals surface area (Å²) in [5, 5.41) is 3.50. The van der Waals surface area contributed by atoms with Gasteiger partial charge in [-0.2, -0.15) is 0 Å². The van der Waals surface area contributed by atoms with Gasteiger partial charge in [0, 0.05) is 36.6 Å². The average molecular weight is 410 g/mol. The predicted molar refractivity (Wildman–Crippen MR) is 105 cm³/mol. The monoisotopic (exact) mass is 409 g/mol. The number of rotatable bonds is 4. The highest BCUT2D eigenvalue weighted by molar-refractivity contribution is 9.10. The minimum absolute atomic E-state index is 0.0103. The third kappa shape index (κ3) is 4.97. The Morgan fingerprint density at radius 1 is 1.36 bits per heavy atom. The number of benzene rings is 1. The number of carbonyl (C=O) groups is 1. The molecule has 1 heterocycles. The van der Waals surface area contributed by atoms with Gasteiger partial charge in [0.05, 0.1) is 13.0 Å². The number of aliphatic imine (C=N–C) groups is 1. The molecule has 2 rings (SSSR count). The van der Waals surface area contributed by atoms with E-state index in [0.29, 0.717) is 0 Å². The number of ether oxygens (including phenoxy) is 1. The quantitative estimate of drug-likeness (QED) is 0.471. The van der Waals surface area contributed by atoms with Gasteiger partial charge in [-0.1, -0.05) is 48.0 Å². The zero-order chi connectivity index (χ0) is 18.4. The molecule has 0 radical (unpaired) electrons. The molecule has 1 aromatic rings. The van der Waals surface area contributed by atoms with Gasteiger partial charge in [0.15, 0.2) is 5.96 Å². The van der Waals surface area contributed by atoms with E-state index in [4.69, 9.17) is 4.74 Å². The van der Waals surface area contributed by atoms with Crippen LogP contribution in [0.3, 0.4) is 0 Å². The average Bonchev–Trinajstić information content (AvgIpc) is 2.62. The number of nitrogens with zero attached hydrogens (tertiary/aromatic N) is 2. The van der Waals surface area contributed by atoms with Crippen LogP contribution >= 0.6 is 15.9 Å². The maximum Gasteiger partial charge on any atom is 0.308 e. The fourth-order valence-corrected chi connectivity index (χ4v) is 4.05. The molecule has 138 valence electrons. The number of piperidine rings is 1. The molecule has 5 nitrogen and oxygen atoms in total. The molecule has 0 aliphatic carbocycles. The van der Waals surface area contributed by atoms with E-state index < -0.39 is 0 Å². The molecule has 0 saturated carbocycles. The minimum Gasteiger partial charge on any atom is -0.469 e. The van der Waals surface area contributed by atoms with Gasteiger partial charge in [0.2, 0.25) is 0 Å². The standard InChI is InChI=1S/C19H28BrN3O2/c1-19(2,15-7-5-6-8-16(15)20)13-22-18(21-3)23-11-9-14(10-12-23)17(24)25-4/h5-8,14H,9-13H2,1-4H3,(H,21,22). The fraction of sp³-hybridized carbons (Fsp3) is 0.579. The first kappa shape index (κ1) is 19.8. The molecular weight excluding hydrogens is 382 g/mol. The van der Waals surface area contributed by atoms with Crippen LogP contribution in [0.1, 0.15) is 32.3 Å². The van der Waals surface area contributed by atoms with E-state index >= 15 is 0 Å². The molecule has 1 aliphatic heterocycles. The summed E-state index contributed by atoms with van der Waals surface area (Å²) >= 11 is 3.65. The van der Waals surface area contributed by atoms with Crippen molar-refractivity contribution in [1.29, 1.82) is 0 Å². The molecule has 1 aliphatic rings. The lowest BCUT2D eigenvalue weighted by Crippen LogP contribution is -2.49. The number of guanidine groups is 1. The van der Waals surface area contributed by atoms with Crippen molar-refractivity contribution < 1.29 is 9.53 Å². The molecule has 6 heteroatoms. The van der Waals surface area contributed by atoms with Crippen LogP contribution in [0, 0.1) is 5.92 Å². The molecule has 0 amide bonds. The second-order valence-corrected chi connectivity index (χ2v) is 7.90. The lowest BCUT2D eigenvalue weighted by Gasteiger charge is -2.35. The Morgan fingerprint density at radius 2 is 2.00 bits per heavy atom. The van der Waals surface area contributed by atoms with Crippen molar-refractivity contribution in [3.63, 3.8) is 0 Å². The van der Waals surface area contributed by atoms with Gasteiger partial charge in [0.1, 0.15) is 0 Å². The van der Waals surface area contributed by atoms with Crippen molar-refractivity contribution in [3.05, 3.63) is 34.3 Å². The maximum absolute atomic E-state index is 11.7. The largest absolute Gasteiger partial charge is 0.469 e. The Morgan fingerprint density at radius 3 is 2.56 bits per heavy atom. The van der Waals surface area contributed by atoms with Crippen molar-refractivity contribution in [2.24, 2.45) is 10.9 Å². The summed E-state index contributed by atoms with van der Waals surface area (Å²) in [6.07, 6.45) is 1.61. The molecule has 0 atom stereocenters. The minimum atomic E-state index is -0.0994. The lowest BCUT2D eigenvalue weighted by atomic mass is 9.84. The molecular formula is C19H28BrN3O2. The summed E-state index contributed by atoms with van der Waals surface area (Å²) in [4.78, 5) is 18.3. The van der Waals surface area contributed by atoms with Gasteiger partial charge < -0.3 is 15.0 Å². The van der Waals surface area contributed by atoms with Crippen molar-refractivity contribution in [2.75, 3.05) is 33.8 Å². The second-order valence-electron chi connectivity index (χ2n) is 7.05. The van der Waals surface area contributed by atoms with Crippen molar-refractivity contribution >= 4 is 27.9 Å². The maximum atomic E-state index is 11.7. The highest BCUT2D eigenvalue weighted by atomic mass is 79.9. The van der Waals surface area contributed by atoms with Crippen LogP contribution in [0.25, 0.3) is 0 Å². The lowest BCUT2D eigenvalue weighted by molar-refractivity contribution is -0.146. The second kappa shape index (κ2) is 8.70. The van der Waals surface area contributed by atoms with Crippen LogP contribution in [0.5, 0.6) is 0 Å². The van der Waals surface area contributed by atoms with Gasteiger partial charge in [-0.25, -0.2) is 0 Å². The number of halogens is 1. The number of hydrogen-bond acceptors (Lipinski definition) is 3. The van der Waals surface area contributed by atoms with E-state index in [0.717, 1.165) is 42.9 Å². The van der Waals surface area contributed by atoms with E-state index in [1.807, 2.05) is 6.07 Å². The van der Waals surface area contributed by atoms with E-state index in [-0.39, 0.29) is 17.3 Å². The smallest absolute Gasteiger partial charge is 0.308 e. The van der Waals surface area contributed by atoms with E-state index in [9.17, 15) is 4.79 Å². The molecule has 25 heavy (non-hydrogen) atoms. The van der Waals surface area contributed by atoms with Crippen LogP contribution < -0.4 is 5.32 Å². The molecule has 0 spiro atoms. The molecule has 1 saturated heterocycles. The number of hydrogen-bond donors (Lipinski definition) is 1. The number of likely N-dealkylation sites (tertiary alicyclic amines) is 1. The summed E-state index contributed by atoms with van der Waals surface area (Å²) in [5.74, 6) is 0.803. The Balaban J connectivity index is 1.95. The van der Waals surface area contributed by atoms with Crippen molar-refractivity contribution in [3.8, 4) is 0 Å². The van der Waals surface area contributed by atoms with Crippen LogP contribution in [0.15, 0.2) is 33.7 Å². The number of nitrogens with one attached hydrogen (secondary N) is 1. The first-order valence-corrected chi connectivity index (χ1v) is 9.46. The Labute approximate surface area is 159 Å². The van der Waals surface area contributed by atoms with Gasteiger partial charge >= 0.3 is 5.97 Å². The van der Waals surface area contributed by atoms with E-state index in [1.54, 1.807) is 7.05 Å². The fourth-order valence-electron chi connectivity index (χ4n) is 3.23. The molecule has 1 fully saturated rings. The molecule has 0 bridgehead atoms. The summed E-state index contributed by atoms with van der Waals surface area (Å²) in [5.41, 5.74) is 1.22. The number of methoxy groups -OCH3 is 1. The van der Waals surface area contributed by atoms with Crippen LogP contribution in [0.4, 0.5) is 0 Å². The van der Waals surface area contributed by atoms with Crippen LogP contribution in [-0.4, -0.2) is 50.6 Å². The van der Waals surface area contributed by atoms with Gasteiger partial charge in [-0.05, 0) is 24.5 Å². The number of carbonyl (C=O) groups excluding carboxylic acids is 1. The topological polar surface area (TPSA) is 53.9 Å². The normalized spacial score (nSPS) is 16.7. The van der Waals surface area contributed by atoms with E-state index in [1.165, 1.54) is 12.7 Å². The molecule has 0 aromatic heterocycles.